The van der Waals surface area contributed by atoms with Crippen molar-refractivity contribution >= 4 is 5.91 Å². The fourth-order valence-corrected chi connectivity index (χ4v) is 1.70. The van der Waals surface area contributed by atoms with Crippen molar-refractivity contribution in [2.24, 2.45) is 5.84 Å². The lowest BCUT2D eigenvalue weighted by molar-refractivity contribution is 0.0953. The minimum atomic E-state index is -0.313. The number of hydrazine groups is 1. The van der Waals surface area contributed by atoms with Crippen LogP contribution in [0.25, 0.3) is 0 Å². The number of nitrogen functional groups attached to an aromatic ring is 1. The van der Waals surface area contributed by atoms with Gasteiger partial charge >= 0.3 is 0 Å². The molecule has 0 fully saturated rings. The zero-order chi connectivity index (χ0) is 13.4. The van der Waals surface area contributed by atoms with Crippen LogP contribution >= 0.6 is 0 Å². The van der Waals surface area contributed by atoms with Crippen LogP contribution < -0.4 is 11.3 Å². The van der Waals surface area contributed by atoms with Crippen LogP contribution in [0.15, 0.2) is 18.3 Å². The Bertz CT molecular complexity index is 364. The van der Waals surface area contributed by atoms with Crippen LogP contribution in [0.3, 0.4) is 0 Å². The third-order valence-electron chi connectivity index (χ3n) is 2.88. The largest absolute Gasteiger partial charge is 0.298 e. The maximum absolute atomic E-state index is 11.3. The predicted octanol–water partition coefficient (Wildman–Crippen LogP) is 1.31. The molecule has 0 aliphatic heterocycles. The van der Waals surface area contributed by atoms with E-state index >= 15 is 0 Å². The molecular weight excluding hydrogens is 228 g/mol. The van der Waals surface area contributed by atoms with Crippen molar-refractivity contribution < 1.29 is 4.79 Å². The molecule has 0 atom stereocenters. The molecule has 0 saturated carbocycles. The Labute approximate surface area is 108 Å². The van der Waals surface area contributed by atoms with Crippen molar-refractivity contribution in [3.63, 3.8) is 0 Å². The van der Waals surface area contributed by atoms with Crippen molar-refractivity contribution in [3.8, 4) is 0 Å². The second kappa shape index (κ2) is 7.79. The molecule has 18 heavy (non-hydrogen) atoms. The zero-order valence-corrected chi connectivity index (χ0v) is 11.1. The average Bonchev–Trinajstić information content (AvgIpc) is 2.43. The SMILES string of the molecule is CCCCN(CC)Cc1ccc(C(=O)NN)cn1. The fraction of sp³-hybridized carbons (Fsp3) is 0.538. The molecule has 0 saturated heterocycles. The smallest absolute Gasteiger partial charge is 0.266 e. The Kier molecular flexibility index (Phi) is 6.32. The molecule has 0 radical (unpaired) electrons. The molecule has 3 N–H and O–H groups in total. The fourth-order valence-electron chi connectivity index (χ4n) is 1.70. The van der Waals surface area contributed by atoms with Gasteiger partial charge in [0, 0.05) is 12.7 Å². The first-order valence-electron chi connectivity index (χ1n) is 6.39. The highest BCUT2D eigenvalue weighted by Gasteiger charge is 2.06. The molecule has 1 rings (SSSR count). The van der Waals surface area contributed by atoms with Crippen LogP contribution in [0.1, 0.15) is 42.7 Å². The Balaban J connectivity index is 2.59. The molecule has 100 valence electrons. The molecule has 0 unspecified atom stereocenters. The van der Waals surface area contributed by atoms with Crippen LogP contribution in [-0.4, -0.2) is 28.9 Å². The van der Waals surface area contributed by atoms with Gasteiger partial charge in [0.2, 0.25) is 0 Å². The maximum Gasteiger partial charge on any atom is 0.266 e. The highest BCUT2D eigenvalue weighted by atomic mass is 16.2. The van der Waals surface area contributed by atoms with Crippen LogP contribution in [0.5, 0.6) is 0 Å². The monoisotopic (exact) mass is 250 g/mol. The van der Waals surface area contributed by atoms with Crippen LogP contribution in [0.2, 0.25) is 0 Å². The minimum Gasteiger partial charge on any atom is -0.298 e. The number of carbonyl (C=O) groups excluding carboxylic acids is 1. The summed E-state index contributed by atoms with van der Waals surface area (Å²) in [6, 6.07) is 3.62. The van der Waals surface area contributed by atoms with Gasteiger partial charge in [-0.2, -0.15) is 0 Å². The number of carbonyl (C=O) groups is 1. The maximum atomic E-state index is 11.3. The minimum absolute atomic E-state index is 0.313. The van der Waals surface area contributed by atoms with Gasteiger partial charge in [-0.25, -0.2) is 5.84 Å². The van der Waals surface area contributed by atoms with E-state index in [4.69, 9.17) is 5.84 Å². The summed E-state index contributed by atoms with van der Waals surface area (Å²) in [5, 5.41) is 0. The molecule has 0 aliphatic carbocycles. The second-order valence-corrected chi connectivity index (χ2v) is 4.23. The van der Waals surface area contributed by atoms with Gasteiger partial charge in [0.1, 0.15) is 0 Å². The van der Waals surface area contributed by atoms with Crippen LogP contribution in [0.4, 0.5) is 0 Å². The van der Waals surface area contributed by atoms with Gasteiger partial charge < -0.3 is 0 Å². The third kappa shape index (κ3) is 4.43. The first-order valence-corrected chi connectivity index (χ1v) is 6.39. The summed E-state index contributed by atoms with van der Waals surface area (Å²) in [4.78, 5) is 17.9. The lowest BCUT2D eigenvalue weighted by atomic mass is 10.2. The summed E-state index contributed by atoms with van der Waals surface area (Å²) in [6.07, 6.45) is 3.95. The Hall–Kier alpha value is -1.46. The van der Waals surface area contributed by atoms with Crippen molar-refractivity contribution in [2.75, 3.05) is 13.1 Å². The topological polar surface area (TPSA) is 71.2 Å². The Morgan fingerprint density at radius 3 is 2.72 bits per heavy atom. The van der Waals surface area contributed by atoms with Crippen molar-refractivity contribution in [2.45, 2.75) is 33.2 Å². The number of nitrogens with two attached hydrogens (primary N) is 1. The number of nitrogens with zero attached hydrogens (tertiary/aromatic N) is 2. The predicted molar refractivity (Wildman–Crippen MR) is 71.7 cm³/mol. The molecule has 1 aromatic heterocycles. The first-order chi connectivity index (χ1) is 8.71. The first kappa shape index (κ1) is 14.6. The number of pyridine rings is 1. The average molecular weight is 250 g/mol. The molecule has 0 spiro atoms. The van der Waals surface area contributed by atoms with Crippen LogP contribution in [0, 0.1) is 0 Å². The van der Waals surface area contributed by atoms with E-state index in [0.29, 0.717) is 5.56 Å². The second-order valence-electron chi connectivity index (χ2n) is 4.23. The van der Waals surface area contributed by atoms with E-state index in [1.54, 1.807) is 12.3 Å². The van der Waals surface area contributed by atoms with Gasteiger partial charge in [0.25, 0.3) is 5.91 Å². The number of rotatable bonds is 7. The molecule has 5 nitrogen and oxygen atoms in total. The lowest BCUT2D eigenvalue weighted by Gasteiger charge is -2.19. The van der Waals surface area contributed by atoms with Gasteiger partial charge in [-0.05, 0) is 31.6 Å². The standard InChI is InChI=1S/C13H22N4O/c1-3-5-8-17(4-2)10-12-7-6-11(9-15-12)13(18)16-14/h6-7,9H,3-5,8,10,14H2,1-2H3,(H,16,18). The van der Waals surface area contributed by atoms with Gasteiger partial charge in [0.15, 0.2) is 0 Å². The van der Waals surface area contributed by atoms with E-state index < -0.39 is 0 Å². The Morgan fingerprint density at radius 2 is 2.22 bits per heavy atom. The summed E-state index contributed by atoms with van der Waals surface area (Å²) in [6.45, 7) is 7.24. The van der Waals surface area contributed by atoms with Gasteiger partial charge in [-0.3, -0.25) is 20.1 Å². The normalized spacial score (nSPS) is 10.7. The number of unbranched alkanes of at least 4 members (excludes halogenated alkanes) is 1. The van der Waals surface area contributed by atoms with Gasteiger partial charge in [-0.15, -0.1) is 0 Å². The molecular formula is C13H22N4O. The van der Waals surface area contributed by atoms with E-state index in [1.807, 2.05) is 6.07 Å². The highest BCUT2D eigenvalue weighted by Crippen LogP contribution is 2.05. The quantitative estimate of drug-likeness (QED) is 0.435. The molecule has 0 aromatic carbocycles. The molecule has 1 heterocycles. The van der Waals surface area contributed by atoms with Gasteiger partial charge in [-0.1, -0.05) is 20.3 Å². The van der Waals surface area contributed by atoms with E-state index in [9.17, 15) is 4.79 Å². The molecule has 5 heteroatoms. The lowest BCUT2D eigenvalue weighted by Crippen LogP contribution is -2.30. The summed E-state index contributed by atoms with van der Waals surface area (Å²) in [5.41, 5.74) is 3.55. The number of hydrogen-bond donors (Lipinski definition) is 2. The molecule has 1 amide bonds. The summed E-state index contributed by atoms with van der Waals surface area (Å²) in [5.74, 6) is 4.75. The summed E-state index contributed by atoms with van der Waals surface area (Å²) in [7, 11) is 0. The molecule has 1 aromatic rings. The van der Waals surface area contributed by atoms with E-state index in [0.717, 1.165) is 25.3 Å². The number of hydrogen-bond acceptors (Lipinski definition) is 4. The van der Waals surface area contributed by atoms with Crippen molar-refractivity contribution in [1.29, 1.82) is 0 Å². The third-order valence-corrected chi connectivity index (χ3v) is 2.88. The van der Waals surface area contributed by atoms with E-state index in [2.05, 4.69) is 29.2 Å². The number of nitrogens with one attached hydrogen (secondary N) is 1. The Morgan fingerprint density at radius 1 is 1.44 bits per heavy atom. The van der Waals surface area contributed by atoms with Gasteiger partial charge in [0.05, 0.1) is 11.3 Å². The zero-order valence-electron chi connectivity index (χ0n) is 11.1. The van der Waals surface area contributed by atoms with Crippen molar-refractivity contribution in [1.82, 2.24) is 15.3 Å². The highest BCUT2D eigenvalue weighted by molar-refractivity contribution is 5.93. The molecule has 0 aliphatic rings. The van der Waals surface area contributed by atoms with Crippen LogP contribution in [-0.2, 0) is 6.54 Å². The van der Waals surface area contributed by atoms with E-state index in [1.165, 1.54) is 12.8 Å². The number of aromatic nitrogens is 1. The summed E-state index contributed by atoms with van der Waals surface area (Å²) < 4.78 is 0. The summed E-state index contributed by atoms with van der Waals surface area (Å²) >= 11 is 0. The molecule has 0 bridgehead atoms. The van der Waals surface area contributed by atoms with Crippen molar-refractivity contribution in [3.05, 3.63) is 29.6 Å². The number of amides is 1. The van der Waals surface area contributed by atoms with E-state index in [-0.39, 0.29) is 5.91 Å².